The molecule has 0 saturated carbocycles. The van der Waals surface area contributed by atoms with Crippen molar-refractivity contribution in [3.63, 3.8) is 0 Å². The van der Waals surface area contributed by atoms with Gasteiger partial charge in [0.2, 0.25) is 0 Å². The number of carbonyl (C=O) groups is 1. The van der Waals surface area contributed by atoms with Crippen LogP contribution in [0.1, 0.15) is 29.9 Å². The van der Waals surface area contributed by atoms with Gasteiger partial charge in [0.15, 0.2) is 0 Å². The molecule has 0 atom stereocenters. The fourth-order valence-corrected chi connectivity index (χ4v) is 2.09. The van der Waals surface area contributed by atoms with Crippen molar-refractivity contribution in [2.45, 2.75) is 20.8 Å². The van der Waals surface area contributed by atoms with Crippen LogP contribution in [0.4, 0.5) is 5.82 Å². The number of benzene rings is 1. The predicted molar refractivity (Wildman–Crippen MR) is 96.4 cm³/mol. The molecule has 4 nitrogen and oxygen atoms in total. The highest BCUT2D eigenvalue weighted by Gasteiger charge is 2.09. The lowest BCUT2D eigenvalue weighted by Crippen LogP contribution is -2.13. The molecular formula is C17H19IN2O2. The number of anilines is 1. The number of aryl methyl sites for hydroxylation is 1. The van der Waals surface area contributed by atoms with Crippen LogP contribution in [0.25, 0.3) is 0 Å². The van der Waals surface area contributed by atoms with E-state index in [1.54, 1.807) is 18.2 Å². The molecule has 0 spiro atoms. The number of hydrogen-bond donors (Lipinski definition) is 1. The van der Waals surface area contributed by atoms with Gasteiger partial charge in [-0.3, -0.25) is 4.79 Å². The number of aromatic nitrogens is 1. The van der Waals surface area contributed by atoms with Crippen molar-refractivity contribution >= 4 is 34.3 Å². The van der Waals surface area contributed by atoms with E-state index in [1.165, 1.54) is 0 Å². The number of rotatable bonds is 5. The number of nitrogens with one attached hydrogen (secondary N) is 1. The Morgan fingerprint density at radius 2 is 2.09 bits per heavy atom. The van der Waals surface area contributed by atoms with Gasteiger partial charge in [0, 0.05) is 9.13 Å². The highest BCUT2D eigenvalue weighted by Crippen LogP contribution is 2.17. The Bertz CT molecular complexity index is 671. The summed E-state index contributed by atoms with van der Waals surface area (Å²) in [5.74, 6) is 1.50. The number of pyridine rings is 1. The minimum atomic E-state index is -0.192. The summed E-state index contributed by atoms with van der Waals surface area (Å²) in [6, 6.07) is 10.9. The molecule has 1 N–H and O–H groups in total. The third-order valence-corrected chi connectivity index (χ3v) is 4.08. The van der Waals surface area contributed by atoms with Crippen molar-refractivity contribution in [2.75, 3.05) is 11.9 Å². The molecule has 0 aliphatic carbocycles. The van der Waals surface area contributed by atoms with Crippen molar-refractivity contribution in [2.24, 2.45) is 5.92 Å². The molecule has 116 valence electrons. The molecule has 22 heavy (non-hydrogen) atoms. The third-order valence-electron chi connectivity index (χ3n) is 2.94. The topological polar surface area (TPSA) is 51.2 Å². The van der Waals surface area contributed by atoms with E-state index in [2.05, 4.69) is 46.7 Å². The van der Waals surface area contributed by atoms with Crippen molar-refractivity contribution in [1.29, 1.82) is 0 Å². The molecule has 0 radical (unpaired) electrons. The first kappa shape index (κ1) is 16.7. The van der Waals surface area contributed by atoms with Crippen LogP contribution >= 0.6 is 22.6 Å². The molecule has 5 heteroatoms. The zero-order chi connectivity index (χ0) is 16.1. The maximum Gasteiger partial charge on any atom is 0.256 e. The number of amides is 1. The van der Waals surface area contributed by atoms with Crippen molar-refractivity contribution in [1.82, 2.24) is 4.98 Å². The molecule has 0 unspecified atom stereocenters. The molecule has 1 amide bonds. The highest BCUT2D eigenvalue weighted by molar-refractivity contribution is 14.1. The Kier molecular flexibility index (Phi) is 5.76. The summed E-state index contributed by atoms with van der Waals surface area (Å²) >= 11 is 2.21. The summed E-state index contributed by atoms with van der Waals surface area (Å²) in [5.41, 5.74) is 1.45. The van der Waals surface area contributed by atoms with Crippen molar-refractivity contribution < 1.29 is 9.53 Å². The summed E-state index contributed by atoms with van der Waals surface area (Å²) in [6.45, 7) is 6.71. The van der Waals surface area contributed by atoms with Crippen LogP contribution in [0, 0.1) is 16.4 Å². The van der Waals surface area contributed by atoms with Gasteiger partial charge >= 0.3 is 0 Å². The normalized spacial score (nSPS) is 10.6. The second-order valence-electron chi connectivity index (χ2n) is 5.45. The number of halogens is 1. The first-order chi connectivity index (χ1) is 10.5. The first-order valence-corrected chi connectivity index (χ1v) is 8.21. The number of carbonyl (C=O) groups excluding carboxylic acids is 1. The largest absolute Gasteiger partial charge is 0.493 e. The minimum absolute atomic E-state index is 0.192. The first-order valence-electron chi connectivity index (χ1n) is 7.13. The van der Waals surface area contributed by atoms with E-state index in [-0.39, 0.29) is 5.91 Å². The fraction of sp³-hybridized carbons (Fsp3) is 0.294. The second kappa shape index (κ2) is 7.58. The van der Waals surface area contributed by atoms with E-state index in [1.807, 2.05) is 25.1 Å². The molecule has 0 aliphatic rings. The number of hydrogen-bond acceptors (Lipinski definition) is 3. The molecule has 0 saturated heterocycles. The van der Waals surface area contributed by atoms with Crippen LogP contribution in [-0.2, 0) is 0 Å². The van der Waals surface area contributed by atoms with Crippen LogP contribution in [-0.4, -0.2) is 17.5 Å². The smallest absolute Gasteiger partial charge is 0.256 e. The quantitative estimate of drug-likeness (QED) is 0.749. The van der Waals surface area contributed by atoms with Crippen LogP contribution in [0.15, 0.2) is 36.4 Å². The summed E-state index contributed by atoms with van der Waals surface area (Å²) in [5, 5.41) is 2.81. The second-order valence-corrected chi connectivity index (χ2v) is 6.61. The highest BCUT2D eigenvalue weighted by atomic mass is 127. The summed E-state index contributed by atoms with van der Waals surface area (Å²) in [4.78, 5) is 16.6. The lowest BCUT2D eigenvalue weighted by atomic mass is 10.2. The Morgan fingerprint density at radius 1 is 1.32 bits per heavy atom. The Morgan fingerprint density at radius 3 is 2.77 bits per heavy atom. The zero-order valence-electron chi connectivity index (χ0n) is 12.9. The fourth-order valence-electron chi connectivity index (χ4n) is 1.79. The SMILES string of the molecule is Cc1nc(NC(=O)c2cccc(OCC(C)C)c2)ccc1I. The molecule has 0 aliphatic heterocycles. The molecule has 1 heterocycles. The Labute approximate surface area is 144 Å². The van der Waals surface area contributed by atoms with Gasteiger partial charge in [0.25, 0.3) is 5.91 Å². The van der Waals surface area contributed by atoms with Gasteiger partial charge in [0.1, 0.15) is 11.6 Å². The van der Waals surface area contributed by atoms with Crippen LogP contribution < -0.4 is 10.1 Å². The van der Waals surface area contributed by atoms with E-state index in [4.69, 9.17) is 4.74 Å². The van der Waals surface area contributed by atoms with Crippen LogP contribution in [0.5, 0.6) is 5.75 Å². The van der Waals surface area contributed by atoms with Crippen LogP contribution in [0.3, 0.4) is 0 Å². The van der Waals surface area contributed by atoms with Gasteiger partial charge in [-0.15, -0.1) is 0 Å². The average molecular weight is 410 g/mol. The van der Waals surface area contributed by atoms with Gasteiger partial charge in [-0.05, 0) is 65.8 Å². The summed E-state index contributed by atoms with van der Waals surface area (Å²) in [6.07, 6.45) is 0. The minimum Gasteiger partial charge on any atom is -0.493 e. The molecule has 0 fully saturated rings. The number of ether oxygens (including phenoxy) is 1. The zero-order valence-corrected chi connectivity index (χ0v) is 15.0. The predicted octanol–water partition coefficient (Wildman–Crippen LogP) is 4.28. The van der Waals surface area contributed by atoms with Gasteiger partial charge < -0.3 is 10.1 Å². The molecular weight excluding hydrogens is 391 g/mol. The van der Waals surface area contributed by atoms with Crippen LogP contribution in [0.2, 0.25) is 0 Å². The van der Waals surface area contributed by atoms with E-state index in [9.17, 15) is 4.79 Å². The van der Waals surface area contributed by atoms with E-state index in [0.717, 1.165) is 9.26 Å². The maximum atomic E-state index is 12.3. The maximum absolute atomic E-state index is 12.3. The molecule has 2 aromatic rings. The third kappa shape index (κ3) is 4.69. The summed E-state index contributed by atoms with van der Waals surface area (Å²) < 4.78 is 6.72. The van der Waals surface area contributed by atoms with Gasteiger partial charge in [-0.1, -0.05) is 19.9 Å². The molecule has 1 aromatic carbocycles. The Balaban J connectivity index is 2.08. The van der Waals surface area contributed by atoms with Gasteiger partial charge in [0.05, 0.1) is 12.3 Å². The summed E-state index contributed by atoms with van der Waals surface area (Å²) in [7, 11) is 0. The lowest BCUT2D eigenvalue weighted by molar-refractivity contribution is 0.102. The monoisotopic (exact) mass is 410 g/mol. The van der Waals surface area contributed by atoms with Gasteiger partial charge in [-0.25, -0.2) is 4.98 Å². The van der Waals surface area contributed by atoms with Crippen molar-refractivity contribution in [3.8, 4) is 5.75 Å². The van der Waals surface area contributed by atoms with E-state index < -0.39 is 0 Å². The number of nitrogens with zero attached hydrogens (tertiary/aromatic N) is 1. The molecule has 1 aromatic heterocycles. The van der Waals surface area contributed by atoms with E-state index >= 15 is 0 Å². The average Bonchev–Trinajstić information content (AvgIpc) is 2.49. The van der Waals surface area contributed by atoms with E-state index in [0.29, 0.717) is 29.7 Å². The standard InChI is InChI=1S/C17H19IN2O2/c1-11(2)10-22-14-6-4-5-13(9-14)17(21)20-16-8-7-15(18)12(3)19-16/h4-9,11H,10H2,1-3H3,(H,19,20,21). The molecule has 0 bridgehead atoms. The van der Waals surface area contributed by atoms with Gasteiger partial charge in [-0.2, -0.15) is 0 Å². The Hall–Kier alpha value is -1.63. The lowest BCUT2D eigenvalue weighted by Gasteiger charge is -2.10. The van der Waals surface area contributed by atoms with Crippen molar-refractivity contribution in [3.05, 3.63) is 51.2 Å². The molecule has 2 rings (SSSR count).